The van der Waals surface area contributed by atoms with Crippen LogP contribution in [0.2, 0.25) is 0 Å². The minimum absolute atomic E-state index is 0.115. The first-order valence-corrected chi connectivity index (χ1v) is 6.92. The Kier molecular flexibility index (Phi) is 4.20. The second-order valence-corrected chi connectivity index (χ2v) is 4.91. The third-order valence-corrected chi connectivity index (χ3v) is 3.45. The normalized spacial score (nSPS) is 12.2. The number of nitrogens with one attached hydrogen (secondary N) is 1. The highest BCUT2D eigenvalue weighted by molar-refractivity contribution is 7.98. The first kappa shape index (κ1) is 12.9. The van der Waals surface area contributed by atoms with Crippen molar-refractivity contribution in [2.45, 2.75) is 17.9 Å². The Hall–Kier alpha value is -1.55. The van der Waals surface area contributed by atoms with Gasteiger partial charge in [-0.1, -0.05) is 12.1 Å². The van der Waals surface area contributed by atoms with Gasteiger partial charge in [-0.15, -0.1) is 11.8 Å². The average Bonchev–Trinajstić information content (AvgIpc) is 2.39. The van der Waals surface area contributed by atoms with E-state index in [2.05, 4.69) is 40.8 Å². The van der Waals surface area contributed by atoms with E-state index in [9.17, 15) is 4.39 Å². The average molecular weight is 262 g/mol. The van der Waals surface area contributed by atoms with E-state index in [1.54, 1.807) is 18.0 Å². The first-order valence-electron chi connectivity index (χ1n) is 5.70. The van der Waals surface area contributed by atoms with Crippen LogP contribution < -0.4 is 5.32 Å². The molecular formula is C14H15FN2S. The van der Waals surface area contributed by atoms with E-state index >= 15 is 0 Å². The summed E-state index contributed by atoms with van der Waals surface area (Å²) in [5.74, 6) is -0.329. The van der Waals surface area contributed by atoms with E-state index in [0.717, 1.165) is 5.56 Å². The molecule has 0 saturated carbocycles. The summed E-state index contributed by atoms with van der Waals surface area (Å²) < 4.78 is 13.0. The van der Waals surface area contributed by atoms with E-state index in [0.29, 0.717) is 5.69 Å². The van der Waals surface area contributed by atoms with Crippen molar-refractivity contribution in [1.82, 2.24) is 4.98 Å². The van der Waals surface area contributed by atoms with Crippen LogP contribution >= 0.6 is 11.8 Å². The molecule has 0 aliphatic heterocycles. The van der Waals surface area contributed by atoms with Crippen LogP contribution in [0.25, 0.3) is 0 Å². The Morgan fingerprint density at radius 1 is 1.22 bits per heavy atom. The van der Waals surface area contributed by atoms with Gasteiger partial charge in [-0.05, 0) is 30.9 Å². The Morgan fingerprint density at radius 3 is 2.56 bits per heavy atom. The maximum atomic E-state index is 13.0. The highest BCUT2D eigenvalue weighted by Gasteiger charge is 2.06. The molecule has 0 aliphatic rings. The Balaban J connectivity index is 2.09. The fourth-order valence-corrected chi connectivity index (χ4v) is 2.12. The summed E-state index contributed by atoms with van der Waals surface area (Å²) in [6.07, 6.45) is 4.87. The summed E-state index contributed by atoms with van der Waals surface area (Å²) in [5.41, 5.74) is 1.86. The van der Waals surface area contributed by atoms with Gasteiger partial charge in [-0.2, -0.15) is 0 Å². The first-order chi connectivity index (χ1) is 8.69. The minimum atomic E-state index is -0.329. The zero-order chi connectivity index (χ0) is 13.0. The van der Waals surface area contributed by atoms with Gasteiger partial charge in [-0.3, -0.25) is 4.98 Å². The molecule has 94 valence electrons. The maximum absolute atomic E-state index is 13.0. The molecule has 1 unspecified atom stereocenters. The molecule has 2 nitrogen and oxygen atoms in total. The van der Waals surface area contributed by atoms with Gasteiger partial charge in [0.15, 0.2) is 0 Å². The number of rotatable bonds is 4. The second kappa shape index (κ2) is 5.87. The van der Waals surface area contributed by atoms with Crippen LogP contribution in [0.4, 0.5) is 10.1 Å². The maximum Gasteiger partial charge on any atom is 0.143 e. The Morgan fingerprint density at radius 2 is 1.94 bits per heavy atom. The van der Waals surface area contributed by atoms with Crippen molar-refractivity contribution in [1.29, 1.82) is 0 Å². The third kappa shape index (κ3) is 3.23. The monoisotopic (exact) mass is 262 g/mol. The fraction of sp³-hybridized carbons (Fsp3) is 0.214. The molecule has 2 aromatic rings. The van der Waals surface area contributed by atoms with Gasteiger partial charge < -0.3 is 5.32 Å². The zero-order valence-electron chi connectivity index (χ0n) is 10.4. The Labute approximate surface area is 111 Å². The highest BCUT2D eigenvalue weighted by atomic mass is 32.2. The van der Waals surface area contributed by atoms with Gasteiger partial charge in [0.2, 0.25) is 0 Å². The number of hydrogen-bond donors (Lipinski definition) is 1. The molecule has 1 heterocycles. The van der Waals surface area contributed by atoms with Crippen LogP contribution in [0.15, 0.2) is 47.6 Å². The highest BCUT2D eigenvalue weighted by Crippen LogP contribution is 2.22. The number of aromatic nitrogens is 1. The molecule has 1 atom stereocenters. The lowest BCUT2D eigenvalue weighted by Crippen LogP contribution is -2.06. The van der Waals surface area contributed by atoms with Crippen molar-refractivity contribution in [2.24, 2.45) is 0 Å². The van der Waals surface area contributed by atoms with Gasteiger partial charge in [0, 0.05) is 17.0 Å². The number of halogens is 1. The molecule has 0 amide bonds. The molecule has 0 aliphatic carbocycles. The van der Waals surface area contributed by atoms with Crippen molar-refractivity contribution in [2.75, 3.05) is 11.6 Å². The molecule has 18 heavy (non-hydrogen) atoms. The van der Waals surface area contributed by atoms with Gasteiger partial charge in [0.1, 0.15) is 5.82 Å². The molecule has 4 heteroatoms. The molecule has 2 rings (SSSR count). The Bertz CT molecular complexity index is 513. The second-order valence-electron chi connectivity index (χ2n) is 4.03. The van der Waals surface area contributed by atoms with E-state index in [4.69, 9.17) is 0 Å². The quantitative estimate of drug-likeness (QED) is 0.839. The molecule has 1 aromatic carbocycles. The van der Waals surface area contributed by atoms with E-state index in [1.807, 2.05) is 6.92 Å². The van der Waals surface area contributed by atoms with Crippen LogP contribution in [0.5, 0.6) is 0 Å². The molecule has 0 saturated heterocycles. The van der Waals surface area contributed by atoms with E-state index in [-0.39, 0.29) is 11.9 Å². The standard InChI is InChI=1S/C14H15FN2S/c1-10(11-3-5-14(18-2)6-4-11)17-13-7-12(15)8-16-9-13/h3-10,17H,1-2H3. The fourth-order valence-electron chi connectivity index (χ4n) is 1.72. The molecule has 0 radical (unpaired) electrons. The van der Waals surface area contributed by atoms with Crippen LogP contribution in [-0.2, 0) is 0 Å². The van der Waals surface area contributed by atoms with Gasteiger partial charge >= 0.3 is 0 Å². The molecule has 0 bridgehead atoms. The summed E-state index contributed by atoms with van der Waals surface area (Å²) in [6.45, 7) is 2.04. The van der Waals surface area contributed by atoms with Crippen molar-refractivity contribution >= 4 is 17.4 Å². The summed E-state index contributed by atoms with van der Waals surface area (Å²) in [7, 11) is 0. The SMILES string of the molecule is CSc1ccc(C(C)Nc2cncc(F)c2)cc1. The summed E-state index contributed by atoms with van der Waals surface area (Å²) >= 11 is 1.72. The van der Waals surface area contributed by atoms with Crippen molar-refractivity contribution in [3.05, 3.63) is 54.1 Å². The van der Waals surface area contributed by atoms with E-state index in [1.165, 1.54) is 17.2 Å². The van der Waals surface area contributed by atoms with Crippen molar-refractivity contribution < 1.29 is 4.39 Å². The van der Waals surface area contributed by atoms with Crippen LogP contribution in [0.3, 0.4) is 0 Å². The molecule has 1 aromatic heterocycles. The number of hydrogen-bond acceptors (Lipinski definition) is 3. The van der Waals surface area contributed by atoms with Crippen molar-refractivity contribution in [3.8, 4) is 0 Å². The molecule has 0 spiro atoms. The zero-order valence-corrected chi connectivity index (χ0v) is 11.2. The number of thioether (sulfide) groups is 1. The lowest BCUT2D eigenvalue weighted by molar-refractivity contribution is 0.621. The predicted molar refractivity (Wildman–Crippen MR) is 74.5 cm³/mol. The molecule has 1 N–H and O–H groups in total. The molecule has 0 fully saturated rings. The van der Waals surface area contributed by atoms with E-state index < -0.39 is 0 Å². The van der Waals surface area contributed by atoms with Crippen LogP contribution in [0.1, 0.15) is 18.5 Å². The smallest absolute Gasteiger partial charge is 0.143 e. The number of nitrogens with zero attached hydrogens (tertiary/aromatic N) is 1. The lowest BCUT2D eigenvalue weighted by atomic mass is 10.1. The topological polar surface area (TPSA) is 24.9 Å². The summed E-state index contributed by atoms with van der Waals surface area (Å²) in [6, 6.07) is 9.89. The summed E-state index contributed by atoms with van der Waals surface area (Å²) in [4.78, 5) is 5.05. The largest absolute Gasteiger partial charge is 0.377 e. The van der Waals surface area contributed by atoms with Gasteiger partial charge in [0.05, 0.1) is 18.1 Å². The van der Waals surface area contributed by atoms with Gasteiger partial charge in [-0.25, -0.2) is 4.39 Å². The third-order valence-electron chi connectivity index (χ3n) is 2.70. The lowest BCUT2D eigenvalue weighted by Gasteiger charge is -2.15. The van der Waals surface area contributed by atoms with Gasteiger partial charge in [0.25, 0.3) is 0 Å². The number of pyridine rings is 1. The summed E-state index contributed by atoms with van der Waals surface area (Å²) in [5, 5.41) is 3.23. The van der Waals surface area contributed by atoms with Crippen LogP contribution in [0, 0.1) is 5.82 Å². The number of benzene rings is 1. The van der Waals surface area contributed by atoms with Crippen molar-refractivity contribution in [3.63, 3.8) is 0 Å². The molecular weight excluding hydrogens is 247 g/mol. The minimum Gasteiger partial charge on any atom is -0.377 e. The van der Waals surface area contributed by atoms with Crippen LogP contribution in [-0.4, -0.2) is 11.2 Å². The number of anilines is 1. The predicted octanol–water partition coefficient (Wildman–Crippen LogP) is 4.12.